The van der Waals surface area contributed by atoms with E-state index in [9.17, 15) is 17.6 Å². The first-order valence-electron chi connectivity index (χ1n) is 10.8. The van der Waals surface area contributed by atoms with E-state index in [-0.39, 0.29) is 23.2 Å². The molecule has 2 N–H and O–H groups in total. The molecule has 1 aliphatic carbocycles. The van der Waals surface area contributed by atoms with Crippen LogP contribution in [0, 0.1) is 12.7 Å². The SMILES string of the molecule is CNS(=O)(=O)c1ccc(-c2cc(NC(=O)C3(c4ccc5c(c4)OCO5)CC3)ccc2C)c(F)c1. The number of halogens is 1. The van der Waals surface area contributed by atoms with Crippen molar-refractivity contribution in [1.82, 2.24) is 4.72 Å². The number of hydrogen-bond donors (Lipinski definition) is 2. The van der Waals surface area contributed by atoms with Gasteiger partial charge in [-0.25, -0.2) is 17.5 Å². The molecule has 1 fully saturated rings. The quantitative estimate of drug-likeness (QED) is 0.552. The van der Waals surface area contributed by atoms with Gasteiger partial charge in [0.15, 0.2) is 11.5 Å². The zero-order chi connectivity index (χ0) is 24.1. The Morgan fingerprint density at radius 2 is 1.74 bits per heavy atom. The summed E-state index contributed by atoms with van der Waals surface area (Å²) in [4.78, 5) is 13.1. The molecular weight excluding hydrogens is 459 g/mol. The average Bonchev–Trinajstić information content (AvgIpc) is 3.51. The van der Waals surface area contributed by atoms with E-state index in [4.69, 9.17) is 9.47 Å². The second-order valence-electron chi connectivity index (χ2n) is 8.48. The third-order valence-corrected chi connectivity index (χ3v) is 7.83. The summed E-state index contributed by atoms with van der Waals surface area (Å²) in [5.41, 5.74) is 2.37. The van der Waals surface area contributed by atoms with Crippen LogP contribution in [-0.4, -0.2) is 28.2 Å². The molecule has 5 rings (SSSR count). The molecule has 1 heterocycles. The van der Waals surface area contributed by atoms with Crippen LogP contribution in [0.2, 0.25) is 0 Å². The van der Waals surface area contributed by atoms with Crippen LogP contribution in [0.3, 0.4) is 0 Å². The van der Waals surface area contributed by atoms with Gasteiger partial charge < -0.3 is 14.8 Å². The fourth-order valence-electron chi connectivity index (χ4n) is 4.21. The third-order valence-electron chi connectivity index (χ3n) is 6.41. The maximum absolute atomic E-state index is 14.9. The highest BCUT2D eigenvalue weighted by atomic mass is 32.2. The topological polar surface area (TPSA) is 93.7 Å². The van der Waals surface area contributed by atoms with Crippen molar-refractivity contribution in [2.45, 2.75) is 30.1 Å². The number of ether oxygens (including phenoxy) is 2. The van der Waals surface area contributed by atoms with Gasteiger partial charge in [-0.1, -0.05) is 18.2 Å². The summed E-state index contributed by atoms with van der Waals surface area (Å²) in [6.07, 6.45) is 1.43. The Morgan fingerprint density at radius 3 is 2.44 bits per heavy atom. The number of fused-ring (bicyclic) bond motifs is 1. The molecule has 1 saturated carbocycles. The molecular formula is C25H23FN2O5S. The molecule has 0 radical (unpaired) electrons. The van der Waals surface area contributed by atoms with Gasteiger partial charge in [-0.2, -0.15) is 0 Å². The molecule has 9 heteroatoms. The standard InChI is InChI=1S/C25H23FN2O5S/c1-15-3-5-17(12-20(15)19-7-6-18(13-21(19)26)34(30,31)27-2)28-24(29)25(9-10-25)16-4-8-22-23(11-16)33-14-32-22/h3-8,11-13,27H,9-10,14H2,1-2H3,(H,28,29). The summed E-state index contributed by atoms with van der Waals surface area (Å²) in [5, 5.41) is 2.97. The van der Waals surface area contributed by atoms with Crippen molar-refractivity contribution in [1.29, 1.82) is 0 Å². The number of carbonyl (C=O) groups is 1. The van der Waals surface area contributed by atoms with E-state index in [2.05, 4.69) is 10.0 Å². The Kier molecular flexibility index (Phi) is 5.33. The number of amides is 1. The van der Waals surface area contributed by atoms with Gasteiger partial charge in [0.05, 0.1) is 10.3 Å². The van der Waals surface area contributed by atoms with Gasteiger partial charge in [-0.05, 0) is 79.9 Å². The Morgan fingerprint density at radius 1 is 0.971 bits per heavy atom. The van der Waals surface area contributed by atoms with E-state index in [0.29, 0.717) is 35.6 Å². The second kappa shape index (κ2) is 8.11. The highest BCUT2D eigenvalue weighted by Gasteiger charge is 2.51. The van der Waals surface area contributed by atoms with Crippen LogP contribution in [-0.2, 0) is 20.2 Å². The molecule has 34 heavy (non-hydrogen) atoms. The van der Waals surface area contributed by atoms with Gasteiger partial charge in [-0.15, -0.1) is 0 Å². The van der Waals surface area contributed by atoms with Crippen LogP contribution in [0.15, 0.2) is 59.5 Å². The first-order valence-corrected chi connectivity index (χ1v) is 12.3. The number of anilines is 1. The normalized spacial score (nSPS) is 15.7. The fraction of sp³-hybridized carbons (Fsp3) is 0.240. The van der Waals surface area contributed by atoms with Gasteiger partial charge in [-0.3, -0.25) is 4.79 Å². The molecule has 1 aliphatic heterocycles. The molecule has 0 atom stereocenters. The molecule has 0 spiro atoms. The van der Waals surface area contributed by atoms with Crippen LogP contribution in [0.5, 0.6) is 11.5 Å². The van der Waals surface area contributed by atoms with Crippen molar-refractivity contribution in [2.75, 3.05) is 19.2 Å². The maximum atomic E-state index is 14.9. The minimum Gasteiger partial charge on any atom is -0.454 e. The van der Waals surface area contributed by atoms with Gasteiger partial charge in [0.25, 0.3) is 0 Å². The molecule has 0 aromatic heterocycles. The van der Waals surface area contributed by atoms with Crippen LogP contribution in [0.1, 0.15) is 24.0 Å². The summed E-state index contributed by atoms with van der Waals surface area (Å²) in [6.45, 7) is 2.00. The minimum atomic E-state index is -3.76. The van der Waals surface area contributed by atoms with E-state index in [1.54, 1.807) is 18.2 Å². The summed E-state index contributed by atoms with van der Waals surface area (Å²) in [6, 6.07) is 14.6. The predicted octanol–water partition coefficient (Wildman–Crippen LogP) is 4.11. The van der Waals surface area contributed by atoms with Crippen molar-refractivity contribution in [2.24, 2.45) is 0 Å². The molecule has 0 bridgehead atoms. The Labute approximate surface area is 197 Å². The minimum absolute atomic E-state index is 0.142. The van der Waals surface area contributed by atoms with Gasteiger partial charge >= 0.3 is 0 Å². The number of carbonyl (C=O) groups excluding carboxylic acids is 1. The lowest BCUT2D eigenvalue weighted by Gasteiger charge is -2.17. The number of aryl methyl sites for hydroxylation is 1. The van der Waals surface area contributed by atoms with E-state index in [0.717, 1.165) is 17.2 Å². The Bertz CT molecular complexity index is 1420. The van der Waals surface area contributed by atoms with Crippen molar-refractivity contribution in [3.63, 3.8) is 0 Å². The van der Waals surface area contributed by atoms with Crippen molar-refractivity contribution >= 4 is 21.6 Å². The lowest BCUT2D eigenvalue weighted by atomic mass is 9.94. The monoisotopic (exact) mass is 482 g/mol. The molecule has 3 aromatic carbocycles. The molecule has 0 saturated heterocycles. The van der Waals surface area contributed by atoms with Crippen LogP contribution >= 0.6 is 0 Å². The van der Waals surface area contributed by atoms with Gasteiger partial charge in [0.1, 0.15) is 5.82 Å². The first kappa shape index (κ1) is 22.4. The lowest BCUT2D eigenvalue weighted by Crippen LogP contribution is -2.27. The maximum Gasteiger partial charge on any atom is 0.240 e. The van der Waals surface area contributed by atoms with E-state index in [1.807, 2.05) is 25.1 Å². The summed E-state index contributed by atoms with van der Waals surface area (Å²) >= 11 is 0. The smallest absolute Gasteiger partial charge is 0.240 e. The molecule has 3 aromatic rings. The fourth-order valence-corrected chi connectivity index (χ4v) is 4.95. The third kappa shape index (κ3) is 3.80. The zero-order valence-corrected chi connectivity index (χ0v) is 19.5. The van der Waals surface area contributed by atoms with Gasteiger partial charge in [0, 0.05) is 11.3 Å². The summed E-state index contributed by atoms with van der Waals surface area (Å²) in [7, 11) is -2.49. The Hall–Kier alpha value is -3.43. The number of sulfonamides is 1. The number of hydrogen-bond acceptors (Lipinski definition) is 5. The highest BCUT2D eigenvalue weighted by molar-refractivity contribution is 7.89. The molecule has 1 amide bonds. The second-order valence-corrected chi connectivity index (χ2v) is 10.4. The number of rotatable bonds is 6. The largest absolute Gasteiger partial charge is 0.454 e. The van der Waals surface area contributed by atoms with E-state index in [1.165, 1.54) is 19.2 Å². The van der Waals surface area contributed by atoms with Crippen molar-refractivity contribution < 1.29 is 27.1 Å². The van der Waals surface area contributed by atoms with Crippen LogP contribution < -0.4 is 19.5 Å². The van der Waals surface area contributed by atoms with Crippen LogP contribution in [0.4, 0.5) is 10.1 Å². The Balaban J connectivity index is 1.42. The lowest BCUT2D eigenvalue weighted by molar-refractivity contribution is -0.118. The van der Waals surface area contributed by atoms with Crippen LogP contribution in [0.25, 0.3) is 11.1 Å². The number of nitrogens with one attached hydrogen (secondary N) is 2. The zero-order valence-electron chi connectivity index (χ0n) is 18.6. The van der Waals surface area contributed by atoms with Gasteiger partial charge in [0.2, 0.25) is 22.7 Å². The molecule has 7 nitrogen and oxygen atoms in total. The summed E-state index contributed by atoms with van der Waals surface area (Å²) in [5.74, 6) is 0.492. The van der Waals surface area contributed by atoms with Crippen molar-refractivity contribution in [3.8, 4) is 22.6 Å². The van der Waals surface area contributed by atoms with Crippen molar-refractivity contribution in [3.05, 3.63) is 71.5 Å². The number of benzene rings is 3. The van der Waals surface area contributed by atoms with E-state index >= 15 is 0 Å². The molecule has 2 aliphatic rings. The molecule has 0 unspecified atom stereocenters. The summed E-state index contributed by atoms with van der Waals surface area (Å²) < 4.78 is 51.9. The average molecular weight is 483 g/mol. The first-order chi connectivity index (χ1) is 16.2. The van der Waals surface area contributed by atoms with E-state index < -0.39 is 21.3 Å². The predicted molar refractivity (Wildman–Crippen MR) is 125 cm³/mol. The highest BCUT2D eigenvalue weighted by Crippen LogP contribution is 2.51. The molecule has 176 valence electrons.